The molecule has 1 heterocycles. The van der Waals surface area contributed by atoms with Gasteiger partial charge in [-0.05, 0) is 32.0 Å². The standard InChI is InChI=1S/C12H14ClN5OS/c1-6(20-12-15-7(2)17-18-12)11(19)16-10-4-3-8(13)5-9(10)14/h3-6H,14H2,1-2H3,(H,16,19)(H,15,17,18). The van der Waals surface area contributed by atoms with E-state index in [0.29, 0.717) is 27.4 Å². The predicted octanol–water partition coefficient (Wildman–Crippen LogP) is 2.47. The summed E-state index contributed by atoms with van der Waals surface area (Å²) in [6.45, 7) is 3.58. The number of carbonyl (C=O) groups is 1. The SMILES string of the molecule is Cc1nc(SC(C)C(=O)Nc2ccc(Cl)cc2N)n[nH]1. The van der Waals surface area contributed by atoms with Crippen LogP contribution in [0.5, 0.6) is 0 Å². The van der Waals surface area contributed by atoms with Gasteiger partial charge in [-0.25, -0.2) is 4.98 Å². The van der Waals surface area contributed by atoms with Crippen molar-refractivity contribution in [3.8, 4) is 0 Å². The van der Waals surface area contributed by atoms with Gasteiger partial charge < -0.3 is 11.1 Å². The van der Waals surface area contributed by atoms with Gasteiger partial charge in [-0.2, -0.15) is 0 Å². The Morgan fingerprint density at radius 3 is 2.90 bits per heavy atom. The van der Waals surface area contributed by atoms with Crippen LogP contribution >= 0.6 is 23.4 Å². The van der Waals surface area contributed by atoms with Crippen LogP contribution in [0.2, 0.25) is 5.02 Å². The van der Waals surface area contributed by atoms with Crippen molar-refractivity contribution < 1.29 is 4.79 Å². The van der Waals surface area contributed by atoms with E-state index in [2.05, 4.69) is 20.5 Å². The second-order valence-corrected chi connectivity index (χ2v) is 5.93. The molecule has 1 aromatic heterocycles. The zero-order valence-electron chi connectivity index (χ0n) is 11.0. The minimum Gasteiger partial charge on any atom is -0.397 e. The fourth-order valence-corrected chi connectivity index (χ4v) is 2.42. The third kappa shape index (κ3) is 3.64. The largest absolute Gasteiger partial charge is 0.397 e. The predicted molar refractivity (Wildman–Crippen MR) is 80.9 cm³/mol. The van der Waals surface area contributed by atoms with E-state index in [1.165, 1.54) is 11.8 Å². The molecule has 6 nitrogen and oxygen atoms in total. The van der Waals surface area contributed by atoms with Crippen molar-refractivity contribution in [2.75, 3.05) is 11.1 Å². The summed E-state index contributed by atoms with van der Waals surface area (Å²) < 4.78 is 0. The number of thioether (sulfide) groups is 1. The lowest BCUT2D eigenvalue weighted by Gasteiger charge is -2.12. The molecule has 8 heteroatoms. The normalized spacial score (nSPS) is 12.2. The number of H-pyrrole nitrogens is 1. The molecule has 0 bridgehead atoms. The Balaban J connectivity index is 2.00. The summed E-state index contributed by atoms with van der Waals surface area (Å²) in [5.41, 5.74) is 6.76. The molecule has 4 N–H and O–H groups in total. The van der Waals surface area contributed by atoms with Crippen LogP contribution in [0.3, 0.4) is 0 Å². The molecule has 0 saturated heterocycles. The molecule has 0 saturated carbocycles. The minimum absolute atomic E-state index is 0.175. The van der Waals surface area contributed by atoms with Crippen LogP contribution in [0.4, 0.5) is 11.4 Å². The Kier molecular flexibility index (Phi) is 4.51. The number of amides is 1. The van der Waals surface area contributed by atoms with E-state index in [-0.39, 0.29) is 11.2 Å². The third-order valence-electron chi connectivity index (χ3n) is 2.50. The molecule has 0 aliphatic carbocycles. The molecule has 2 aromatic rings. The molecule has 2 rings (SSSR count). The first-order chi connectivity index (χ1) is 9.45. The molecule has 106 valence electrons. The Bertz CT molecular complexity index is 630. The number of aromatic nitrogens is 3. The third-order valence-corrected chi connectivity index (χ3v) is 3.70. The van der Waals surface area contributed by atoms with E-state index in [9.17, 15) is 4.79 Å². The fraction of sp³-hybridized carbons (Fsp3) is 0.250. The zero-order valence-corrected chi connectivity index (χ0v) is 12.5. The van der Waals surface area contributed by atoms with Gasteiger partial charge in [-0.3, -0.25) is 9.89 Å². The van der Waals surface area contributed by atoms with Crippen LogP contribution in [0, 0.1) is 6.92 Å². The van der Waals surface area contributed by atoms with E-state index >= 15 is 0 Å². The molecule has 0 spiro atoms. The lowest BCUT2D eigenvalue weighted by atomic mass is 10.2. The van der Waals surface area contributed by atoms with Gasteiger partial charge in [0.1, 0.15) is 5.82 Å². The highest BCUT2D eigenvalue weighted by molar-refractivity contribution is 8.00. The van der Waals surface area contributed by atoms with Crippen molar-refractivity contribution in [2.45, 2.75) is 24.3 Å². The Morgan fingerprint density at radius 1 is 1.55 bits per heavy atom. The molecule has 0 aliphatic heterocycles. The molecular formula is C12H14ClN5OS. The van der Waals surface area contributed by atoms with Crippen LogP contribution in [0.25, 0.3) is 0 Å². The average molecular weight is 312 g/mol. The minimum atomic E-state index is -0.347. The van der Waals surface area contributed by atoms with Gasteiger partial charge in [0.05, 0.1) is 16.6 Å². The molecule has 0 radical (unpaired) electrons. The van der Waals surface area contributed by atoms with Gasteiger partial charge in [-0.15, -0.1) is 5.10 Å². The average Bonchev–Trinajstić information content (AvgIpc) is 2.78. The van der Waals surface area contributed by atoms with Crippen molar-refractivity contribution in [1.29, 1.82) is 0 Å². The lowest BCUT2D eigenvalue weighted by molar-refractivity contribution is -0.115. The molecular weight excluding hydrogens is 298 g/mol. The van der Waals surface area contributed by atoms with Crippen molar-refractivity contribution in [2.24, 2.45) is 0 Å². The number of nitrogens with one attached hydrogen (secondary N) is 2. The van der Waals surface area contributed by atoms with Crippen LogP contribution in [-0.4, -0.2) is 26.3 Å². The number of nitrogen functional groups attached to an aromatic ring is 1. The first-order valence-corrected chi connectivity index (χ1v) is 7.13. The summed E-state index contributed by atoms with van der Waals surface area (Å²) in [6, 6.07) is 4.93. The number of aryl methyl sites for hydroxylation is 1. The Labute approximate surface area is 125 Å². The number of anilines is 2. The molecule has 0 fully saturated rings. The van der Waals surface area contributed by atoms with E-state index < -0.39 is 0 Å². The quantitative estimate of drug-likeness (QED) is 0.595. The van der Waals surface area contributed by atoms with E-state index in [0.717, 1.165) is 0 Å². The van der Waals surface area contributed by atoms with Crippen LogP contribution in [-0.2, 0) is 4.79 Å². The van der Waals surface area contributed by atoms with E-state index in [4.69, 9.17) is 17.3 Å². The summed E-state index contributed by atoms with van der Waals surface area (Å²) in [5, 5.41) is 10.2. The van der Waals surface area contributed by atoms with E-state index in [1.54, 1.807) is 32.0 Å². The molecule has 20 heavy (non-hydrogen) atoms. The van der Waals surface area contributed by atoms with Gasteiger partial charge in [0.25, 0.3) is 0 Å². The number of hydrogen-bond donors (Lipinski definition) is 3. The van der Waals surface area contributed by atoms with Gasteiger partial charge in [-0.1, -0.05) is 23.4 Å². The van der Waals surface area contributed by atoms with Crippen LogP contribution in [0.15, 0.2) is 23.4 Å². The van der Waals surface area contributed by atoms with Crippen molar-refractivity contribution in [3.63, 3.8) is 0 Å². The maximum Gasteiger partial charge on any atom is 0.237 e. The fourth-order valence-electron chi connectivity index (χ4n) is 1.47. The number of halogens is 1. The first kappa shape index (κ1) is 14.7. The highest BCUT2D eigenvalue weighted by atomic mass is 35.5. The second kappa shape index (κ2) is 6.15. The van der Waals surface area contributed by atoms with Crippen molar-refractivity contribution in [3.05, 3.63) is 29.0 Å². The number of benzene rings is 1. The number of carbonyl (C=O) groups excluding carboxylic acids is 1. The second-order valence-electron chi connectivity index (χ2n) is 4.18. The lowest BCUT2D eigenvalue weighted by Crippen LogP contribution is -2.23. The number of aromatic amines is 1. The summed E-state index contributed by atoms with van der Waals surface area (Å²) in [7, 11) is 0. The molecule has 1 amide bonds. The van der Waals surface area contributed by atoms with Crippen molar-refractivity contribution in [1.82, 2.24) is 15.2 Å². The van der Waals surface area contributed by atoms with Crippen LogP contribution < -0.4 is 11.1 Å². The summed E-state index contributed by atoms with van der Waals surface area (Å²) in [6.07, 6.45) is 0. The van der Waals surface area contributed by atoms with Gasteiger partial charge in [0.15, 0.2) is 0 Å². The summed E-state index contributed by atoms with van der Waals surface area (Å²) in [5.74, 6) is 0.536. The number of hydrogen-bond acceptors (Lipinski definition) is 5. The first-order valence-electron chi connectivity index (χ1n) is 5.87. The highest BCUT2D eigenvalue weighted by Crippen LogP contribution is 2.25. The summed E-state index contributed by atoms with van der Waals surface area (Å²) in [4.78, 5) is 16.2. The van der Waals surface area contributed by atoms with Gasteiger partial charge in [0, 0.05) is 5.02 Å². The maximum atomic E-state index is 12.1. The zero-order chi connectivity index (χ0) is 14.7. The molecule has 1 aromatic carbocycles. The molecule has 1 unspecified atom stereocenters. The molecule has 0 aliphatic rings. The van der Waals surface area contributed by atoms with Gasteiger partial charge >= 0.3 is 0 Å². The Morgan fingerprint density at radius 2 is 2.30 bits per heavy atom. The topological polar surface area (TPSA) is 96.7 Å². The van der Waals surface area contributed by atoms with Gasteiger partial charge in [0.2, 0.25) is 11.1 Å². The number of nitrogens with two attached hydrogens (primary N) is 1. The number of nitrogens with zero attached hydrogens (tertiary/aromatic N) is 2. The Hall–Kier alpha value is -1.73. The van der Waals surface area contributed by atoms with Crippen molar-refractivity contribution >= 4 is 40.6 Å². The molecule has 1 atom stereocenters. The van der Waals surface area contributed by atoms with E-state index in [1.807, 2.05) is 0 Å². The summed E-state index contributed by atoms with van der Waals surface area (Å²) >= 11 is 7.08. The van der Waals surface area contributed by atoms with Crippen LogP contribution in [0.1, 0.15) is 12.7 Å². The maximum absolute atomic E-state index is 12.1. The smallest absolute Gasteiger partial charge is 0.237 e. The highest BCUT2D eigenvalue weighted by Gasteiger charge is 2.17. The monoisotopic (exact) mass is 311 g/mol. The number of rotatable bonds is 4.